The van der Waals surface area contributed by atoms with Crippen molar-refractivity contribution in [1.29, 1.82) is 0 Å². The maximum absolute atomic E-state index is 10.3. The molecule has 1 atom stereocenters. The Balaban J connectivity index is 1.47. The van der Waals surface area contributed by atoms with Crippen LogP contribution >= 0.6 is 0 Å². The minimum atomic E-state index is -0.544. The molecule has 0 aromatic heterocycles. The minimum absolute atomic E-state index is 0.242. The number of morpholine rings is 1. The van der Waals surface area contributed by atoms with Crippen molar-refractivity contribution in [1.82, 2.24) is 9.80 Å². The molecule has 0 radical (unpaired) electrons. The molecule has 1 aromatic carbocycles. The second kappa shape index (κ2) is 11.7. The molecule has 29 heavy (non-hydrogen) atoms. The molecule has 2 heterocycles. The predicted octanol–water partition coefficient (Wildman–Crippen LogP) is 1.36. The SMILES string of the molecule is COc1cc(CN2CCC(CCO)CC2)ccc1OCC(O)CN1CCOCC1. The molecule has 2 fully saturated rings. The number of hydrogen-bond acceptors (Lipinski definition) is 7. The first-order valence-corrected chi connectivity index (χ1v) is 10.8. The highest BCUT2D eigenvalue weighted by molar-refractivity contribution is 5.43. The predicted molar refractivity (Wildman–Crippen MR) is 111 cm³/mol. The molecular formula is C22H36N2O5. The highest BCUT2D eigenvalue weighted by Crippen LogP contribution is 2.29. The molecular weight excluding hydrogens is 372 g/mol. The van der Waals surface area contributed by atoms with Crippen LogP contribution in [0.25, 0.3) is 0 Å². The van der Waals surface area contributed by atoms with E-state index in [0.717, 1.165) is 65.2 Å². The molecule has 0 saturated carbocycles. The molecule has 2 aliphatic heterocycles. The quantitative estimate of drug-likeness (QED) is 0.606. The summed E-state index contributed by atoms with van der Waals surface area (Å²) in [6.07, 6.45) is 2.68. The number of nitrogens with zero attached hydrogens (tertiary/aromatic N) is 2. The molecule has 2 N–H and O–H groups in total. The molecule has 0 aliphatic carbocycles. The largest absolute Gasteiger partial charge is 0.493 e. The fraction of sp³-hybridized carbons (Fsp3) is 0.727. The Morgan fingerprint density at radius 3 is 2.55 bits per heavy atom. The fourth-order valence-electron chi connectivity index (χ4n) is 4.12. The minimum Gasteiger partial charge on any atom is -0.493 e. The van der Waals surface area contributed by atoms with Crippen molar-refractivity contribution in [3.05, 3.63) is 23.8 Å². The lowest BCUT2D eigenvalue weighted by Crippen LogP contribution is -2.42. The lowest BCUT2D eigenvalue weighted by Gasteiger charge is -2.31. The van der Waals surface area contributed by atoms with E-state index in [-0.39, 0.29) is 6.61 Å². The van der Waals surface area contributed by atoms with Crippen molar-refractivity contribution in [2.75, 3.05) is 66.3 Å². The molecule has 0 amide bonds. The second-order valence-electron chi connectivity index (χ2n) is 8.09. The van der Waals surface area contributed by atoms with E-state index < -0.39 is 6.10 Å². The van der Waals surface area contributed by atoms with Gasteiger partial charge in [-0.15, -0.1) is 0 Å². The van der Waals surface area contributed by atoms with Gasteiger partial charge in [0, 0.05) is 32.8 Å². The summed E-state index contributed by atoms with van der Waals surface area (Å²) in [4.78, 5) is 4.65. The summed E-state index contributed by atoms with van der Waals surface area (Å²) in [6.45, 7) is 7.31. The van der Waals surface area contributed by atoms with Crippen molar-refractivity contribution in [3.63, 3.8) is 0 Å². The molecule has 7 nitrogen and oxygen atoms in total. The van der Waals surface area contributed by atoms with Gasteiger partial charge in [-0.3, -0.25) is 9.80 Å². The number of piperidine rings is 1. The van der Waals surface area contributed by atoms with Gasteiger partial charge in [0.2, 0.25) is 0 Å². The van der Waals surface area contributed by atoms with Gasteiger partial charge in [0.25, 0.3) is 0 Å². The van der Waals surface area contributed by atoms with Gasteiger partial charge < -0.3 is 24.4 Å². The first kappa shape index (κ1) is 22.3. The van der Waals surface area contributed by atoms with Gasteiger partial charge in [-0.1, -0.05) is 6.07 Å². The number of methoxy groups -OCH3 is 1. The maximum atomic E-state index is 10.3. The lowest BCUT2D eigenvalue weighted by molar-refractivity contribution is 0.00445. The summed E-state index contributed by atoms with van der Waals surface area (Å²) in [5.41, 5.74) is 1.20. The van der Waals surface area contributed by atoms with Gasteiger partial charge in [-0.25, -0.2) is 0 Å². The molecule has 1 unspecified atom stereocenters. The first-order chi connectivity index (χ1) is 14.2. The molecule has 1 aromatic rings. The third-order valence-electron chi connectivity index (χ3n) is 5.88. The van der Waals surface area contributed by atoms with Gasteiger partial charge in [-0.05, 0) is 56.0 Å². The van der Waals surface area contributed by atoms with E-state index in [1.165, 1.54) is 5.56 Å². The average molecular weight is 409 g/mol. The van der Waals surface area contributed by atoms with E-state index in [2.05, 4.69) is 15.9 Å². The zero-order valence-electron chi connectivity index (χ0n) is 17.6. The molecule has 164 valence electrons. The van der Waals surface area contributed by atoms with Crippen LogP contribution < -0.4 is 9.47 Å². The number of benzene rings is 1. The highest BCUT2D eigenvalue weighted by atomic mass is 16.5. The summed E-state index contributed by atoms with van der Waals surface area (Å²) in [5.74, 6) is 2.03. The third-order valence-corrected chi connectivity index (χ3v) is 5.88. The van der Waals surface area contributed by atoms with Crippen LogP contribution in [-0.2, 0) is 11.3 Å². The number of ether oxygens (including phenoxy) is 3. The van der Waals surface area contributed by atoms with Crippen LogP contribution in [0, 0.1) is 5.92 Å². The van der Waals surface area contributed by atoms with Gasteiger partial charge >= 0.3 is 0 Å². The number of likely N-dealkylation sites (tertiary alicyclic amines) is 1. The van der Waals surface area contributed by atoms with Crippen molar-refractivity contribution >= 4 is 0 Å². The van der Waals surface area contributed by atoms with Crippen LogP contribution in [-0.4, -0.2) is 92.4 Å². The number of aliphatic hydroxyl groups excluding tert-OH is 2. The average Bonchev–Trinajstić information content (AvgIpc) is 2.75. The van der Waals surface area contributed by atoms with Gasteiger partial charge in [-0.2, -0.15) is 0 Å². The Kier molecular flexibility index (Phi) is 9.01. The lowest BCUT2D eigenvalue weighted by atomic mass is 9.94. The molecule has 2 saturated heterocycles. The Labute approximate surface area is 174 Å². The van der Waals surface area contributed by atoms with Gasteiger partial charge in [0.1, 0.15) is 12.7 Å². The second-order valence-corrected chi connectivity index (χ2v) is 8.09. The normalized spacial score (nSPS) is 20.5. The Bertz CT molecular complexity index is 601. The van der Waals surface area contributed by atoms with Crippen LogP contribution in [0.2, 0.25) is 0 Å². The highest BCUT2D eigenvalue weighted by Gasteiger charge is 2.20. The summed E-state index contributed by atoms with van der Waals surface area (Å²) < 4.78 is 16.7. The molecule has 7 heteroatoms. The van der Waals surface area contributed by atoms with Crippen molar-refractivity contribution < 1.29 is 24.4 Å². The summed E-state index contributed by atoms with van der Waals surface area (Å²) >= 11 is 0. The molecule has 0 spiro atoms. The smallest absolute Gasteiger partial charge is 0.161 e. The zero-order chi connectivity index (χ0) is 20.5. The van der Waals surface area contributed by atoms with Crippen LogP contribution in [0.1, 0.15) is 24.8 Å². The van der Waals surface area contributed by atoms with Crippen LogP contribution in [0.15, 0.2) is 18.2 Å². The van der Waals surface area contributed by atoms with E-state index in [4.69, 9.17) is 19.3 Å². The number of hydrogen-bond donors (Lipinski definition) is 2. The van der Waals surface area contributed by atoms with Crippen LogP contribution in [0.4, 0.5) is 0 Å². The molecule has 2 aliphatic rings. The Morgan fingerprint density at radius 1 is 1.10 bits per heavy atom. The van der Waals surface area contributed by atoms with E-state index >= 15 is 0 Å². The molecule has 0 bridgehead atoms. The third kappa shape index (κ3) is 7.12. The summed E-state index contributed by atoms with van der Waals surface area (Å²) in [7, 11) is 1.65. The van der Waals surface area contributed by atoms with E-state index in [9.17, 15) is 5.11 Å². The van der Waals surface area contributed by atoms with Crippen molar-refractivity contribution in [3.8, 4) is 11.5 Å². The van der Waals surface area contributed by atoms with E-state index in [1.54, 1.807) is 7.11 Å². The first-order valence-electron chi connectivity index (χ1n) is 10.8. The van der Waals surface area contributed by atoms with E-state index in [1.807, 2.05) is 12.1 Å². The molecule has 3 rings (SSSR count). The fourth-order valence-corrected chi connectivity index (χ4v) is 4.12. The van der Waals surface area contributed by atoms with Crippen LogP contribution in [0.5, 0.6) is 11.5 Å². The maximum Gasteiger partial charge on any atom is 0.161 e. The zero-order valence-corrected chi connectivity index (χ0v) is 17.6. The monoisotopic (exact) mass is 408 g/mol. The van der Waals surface area contributed by atoms with Gasteiger partial charge in [0.15, 0.2) is 11.5 Å². The van der Waals surface area contributed by atoms with Crippen molar-refractivity contribution in [2.45, 2.75) is 31.9 Å². The number of β-amino-alcohol motifs (C(OH)–C–C–N with tert-alkyl or cyclic N) is 1. The topological polar surface area (TPSA) is 74.6 Å². The van der Waals surface area contributed by atoms with E-state index in [0.29, 0.717) is 30.6 Å². The number of rotatable bonds is 10. The number of aliphatic hydroxyl groups is 2. The Hall–Kier alpha value is -1.38. The summed E-state index contributed by atoms with van der Waals surface area (Å²) in [6, 6.07) is 6.05. The van der Waals surface area contributed by atoms with Crippen molar-refractivity contribution in [2.24, 2.45) is 5.92 Å². The standard InChI is InChI=1S/C22H36N2O5/c1-27-22-14-19(15-23-7-4-18(5-8-23)6-11-25)2-3-21(22)29-17-20(26)16-24-9-12-28-13-10-24/h2-3,14,18,20,25-26H,4-13,15-17H2,1H3. The summed E-state index contributed by atoms with van der Waals surface area (Å²) in [5, 5.41) is 19.4. The van der Waals surface area contributed by atoms with Gasteiger partial charge in [0.05, 0.1) is 20.3 Å². The van der Waals surface area contributed by atoms with Crippen LogP contribution in [0.3, 0.4) is 0 Å². The Morgan fingerprint density at radius 2 is 1.86 bits per heavy atom.